The van der Waals surface area contributed by atoms with E-state index in [4.69, 9.17) is 9.47 Å². The van der Waals surface area contributed by atoms with Crippen molar-refractivity contribution >= 4 is 17.8 Å². The van der Waals surface area contributed by atoms with E-state index in [1.54, 1.807) is 19.2 Å². The maximum absolute atomic E-state index is 13.8. The van der Waals surface area contributed by atoms with Crippen molar-refractivity contribution in [3.05, 3.63) is 125 Å². The van der Waals surface area contributed by atoms with Crippen molar-refractivity contribution in [2.24, 2.45) is 11.8 Å². The minimum absolute atomic E-state index is 0.0178. The van der Waals surface area contributed by atoms with Gasteiger partial charge < -0.3 is 24.6 Å². The van der Waals surface area contributed by atoms with E-state index in [1.165, 1.54) is 52.3 Å². The van der Waals surface area contributed by atoms with Gasteiger partial charge in [-0.25, -0.2) is 4.79 Å². The van der Waals surface area contributed by atoms with Crippen molar-refractivity contribution in [2.75, 3.05) is 40.4 Å². The largest absolute Gasteiger partial charge is 0.497 e. The van der Waals surface area contributed by atoms with Crippen LogP contribution in [0.4, 0.5) is 0 Å². The van der Waals surface area contributed by atoms with E-state index in [0.717, 1.165) is 71.3 Å². The molecule has 8 heteroatoms. The number of nitrogens with zero attached hydrogens (tertiary/aromatic N) is 2. The molecule has 2 aliphatic rings. The fourth-order valence-electron chi connectivity index (χ4n) is 7.72. The Morgan fingerprint density at radius 1 is 0.698 bits per heavy atom. The topological polar surface area (TPSA) is 88.2 Å². The Morgan fingerprint density at radius 2 is 1.32 bits per heavy atom. The number of piperidine rings is 2. The summed E-state index contributed by atoms with van der Waals surface area (Å²) in [6.45, 7) is 4.75. The van der Waals surface area contributed by atoms with Gasteiger partial charge in [0.15, 0.2) is 0 Å². The lowest BCUT2D eigenvalue weighted by atomic mass is 9.87. The molecular weight excluding hydrogens is 663 g/mol. The first-order valence-electron chi connectivity index (χ1n) is 19.2. The van der Waals surface area contributed by atoms with Crippen molar-refractivity contribution in [3.8, 4) is 16.9 Å². The molecule has 2 aliphatic heterocycles. The quantitative estimate of drug-likeness (QED) is 0.134. The lowest BCUT2D eigenvalue weighted by molar-refractivity contribution is -0.131. The van der Waals surface area contributed by atoms with Crippen LogP contribution in [0.25, 0.3) is 11.1 Å². The molecule has 0 aromatic heterocycles. The second-order valence-electron chi connectivity index (χ2n) is 14.6. The number of likely N-dealkylation sites (tertiary alicyclic amines) is 1. The molecule has 4 aromatic carbocycles. The molecule has 1 N–H and O–H groups in total. The minimum atomic E-state index is -0.398. The van der Waals surface area contributed by atoms with Gasteiger partial charge in [0.05, 0.1) is 26.2 Å². The van der Waals surface area contributed by atoms with E-state index in [0.29, 0.717) is 24.2 Å². The molecule has 278 valence electrons. The predicted molar refractivity (Wildman–Crippen MR) is 209 cm³/mol. The Morgan fingerprint density at radius 3 is 2.00 bits per heavy atom. The Balaban J connectivity index is 1.11. The second kappa shape index (κ2) is 18.7. The molecule has 0 radical (unpaired) electrons. The normalized spacial score (nSPS) is 15.2. The molecule has 4 aromatic rings. The Labute approximate surface area is 314 Å². The molecule has 0 saturated carbocycles. The third-order valence-corrected chi connectivity index (χ3v) is 10.9. The molecule has 2 saturated heterocycles. The first-order chi connectivity index (χ1) is 25.9. The van der Waals surface area contributed by atoms with E-state index in [-0.39, 0.29) is 18.2 Å². The molecule has 2 amide bonds. The number of carbonyl (C=O) groups excluding carboxylic acids is 3. The molecule has 53 heavy (non-hydrogen) atoms. The molecule has 0 aliphatic carbocycles. The number of amides is 2. The van der Waals surface area contributed by atoms with Crippen LogP contribution < -0.4 is 10.1 Å². The fourth-order valence-corrected chi connectivity index (χ4v) is 7.72. The second-order valence-corrected chi connectivity index (χ2v) is 14.6. The summed E-state index contributed by atoms with van der Waals surface area (Å²) in [6, 6.07) is 30.8. The van der Waals surface area contributed by atoms with Gasteiger partial charge in [0, 0.05) is 31.7 Å². The first-order valence-corrected chi connectivity index (χ1v) is 19.2. The maximum Gasteiger partial charge on any atom is 0.337 e. The van der Waals surface area contributed by atoms with Gasteiger partial charge in [-0.1, -0.05) is 73.9 Å². The number of carbonyl (C=O) groups is 3. The van der Waals surface area contributed by atoms with Crippen LogP contribution in [0.1, 0.15) is 82.4 Å². The van der Waals surface area contributed by atoms with Gasteiger partial charge in [0.1, 0.15) is 5.75 Å². The van der Waals surface area contributed by atoms with Crippen LogP contribution in [0, 0.1) is 11.8 Å². The molecule has 0 bridgehead atoms. The molecule has 6 rings (SSSR count). The lowest BCUT2D eigenvalue weighted by Gasteiger charge is -2.32. The number of nitrogens with one attached hydrogen (secondary N) is 1. The van der Waals surface area contributed by atoms with Crippen molar-refractivity contribution in [1.29, 1.82) is 0 Å². The van der Waals surface area contributed by atoms with Crippen LogP contribution in [0.2, 0.25) is 0 Å². The zero-order valence-corrected chi connectivity index (χ0v) is 31.2. The molecule has 8 nitrogen and oxygen atoms in total. The van der Waals surface area contributed by atoms with Gasteiger partial charge in [-0.2, -0.15) is 0 Å². The number of rotatable bonds is 14. The smallest absolute Gasteiger partial charge is 0.337 e. The van der Waals surface area contributed by atoms with Gasteiger partial charge in [0.25, 0.3) is 5.91 Å². The lowest BCUT2D eigenvalue weighted by Crippen LogP contribution is -2.38. The van der Waals surface area contributed by atoms with Crippen LogP contribution >= 0.6 is 0 Å². The van der Waals surface area contributed by atoms with Gasteiger partial charge in [-0.3, -0.25) is 9.59 Å². The standard InChI is InChI=1S/C45H53N3O5/c1-52-42-18-14-35(15-19-42)29-43(49)48(31-36-12-16-38(17-13-36)45(51)53-2)32-37-8-4-9-39(28-37)40-10-5-11-41(30-40)44(50)47-26-22-34(23-27-47)7-3-6-33-20-24-46-25-21-33/h4-5,8-19,28,30,33-34,46H,3,6-7,20-27,29,31-32H2,1-2H3. The van der Waals surface area contributed by atoms with Crippen molar-refractivity contribution in [1.82, 2.24) is 15.1 Å². The molecule has 0 spiro atoms. The molecule has 2 fully saturated rings. The summed E-state index contributed by atoms with van der Waals surface area (Å²) in [5, 5.41) is 3.47. The number of hydrogen-bond acceptors (Lipinski definition) is 6. The predicted octanol–water partition coefficient (Wildman–Crippen LogP) is 7.94. The van der Waals surface area contributed by atoms with Crippen LogP contribution in [-0.4, -0.2) is 68.0 Å². The third-order valence-electron chi connectivity index (χ3n) is 10.9. The monoisotopic (exact) mass is 715 g/mol. The first kappa shape index (κ1) is 37.8. The highest BCUT2D eigenvalue weighted by Crippen LogP contribution is 2.28. The number of esters is 1. The van der Waals surface area contributed by atoms with Crippen molar-refractivity contribution in [3.63, 3.8) is 0 Å². The molecule has 2 heterocycles. The van der Waals surface area contributed by atoms with Gasteiger partial charge in [-0.15, -0.1) is 0 Å². The van der Waals surface area contributed by atoms with Crippen LogP contribution in [0.3, 0.4) is 0 Å². The van der Waals surface area contributed by atoms with Gasteiger partial charge >= 0.3 is 5.97 Å². The Hall–Kier alpha value is -4.95. The van der Waals surface area contributed by atoms with Crippen LogP contribution in [0.5, 0.6) is 5.75 Å². The van der Waals surface area contributed by atoms with Crippen molar-refractivity contribution in [2.45, 2.75) is 64.5 Å². The summed E-state index contributed by atoms with van der Waals surface area (Å²) in [6.07, 6.45) is 8.98. The highest BCUT2D eigenvalue weighted by molar-refractivity contribution is 5.95. The molecular formula is C45H53N3O5. The fraction of sp³-hybridized carbons (Fsp3) is 0.400. The Bertz CT molecular complexity index is 1810. The number of ether oxygens (including phenoxy) is 2. The highest BCUT2D eigenvalue weighted by atomic mass is 16.5. The molecule has 0 unspecified atom stereocenters. The summed E-state index contributed by atoms with van der Waals surface area (Å²) in [4.78, 5) is 43.4. The summed E-state index contributed by atoms with van der Waals surface area (Å²) in [7, 11) is 2.98. The number of methoxy groups -OCH3 is 2. The van der Waals surface area contributed by atoms with Crippen LogP contribution in [-0.2, 0) is 29.0 Å². The van der Waals surface area contributed by atoms with E-state index >= 15 is 0 Å². The van der Waals surface area contributed by atoms with E-state index in [1.807, 2.05) is 82.6 Å². The van der Waals surface area contributed by atoms with Crippen molar-refractivity contribution < 1.29 is 23.9 Å². The average molecular weight is 716 g/mol. The number of benzene rings is 4. The van der Waals surface area contributed by atoms with E-state index < -0.39 is 5.97 Å². The zero-order chi connectivity index (χ0) is 37.0. The summed E-state index contributed by atoms with van der Waals surface area (Å²) in [5.41, 5.74) is 5.93. The SMILES string of the molecule is COC(=O)c1ccc(CN(Cc2cccc(-c3cccc(C(=O)N4CCC(CCCC5CCNCC5)CC4)c3)c2)C(=O)Cc2ccc(OC)cc2)cc1. The third kappa shape index (κ3) is 10.6. The Kier molecular flexibility index (Phi) is 13.3. The minimum Gasteiger partial charge on any atom is -0.497 e. The summed E-state index contributed by atoms with van der Waals surface area (Å²) < 4.78 is 10.1. The van der Waals surface area contributed by atoms with E-state index in [9.17, 15) is 14.4 Å². The van der Waals surface area contributed by atoms with Gasteiger partial charge in [-0.05, 0) is 121 Å². The number of hydrogen-bond donors (Lipinski definition) is 1. The zero-order valence-electron chi connectivity index (χ0n) is 31.2. The highest BCUT2D eigenvalue weighted by Gasteiger charge is 2.24. The van der Waals surface area contributed by atoms with Crippen LogP contribution in [0.15, 0.2) is 97.1 Å². The summed E-state index contributed by atoms with van der Waals surface area (Å²) >= 11 is 0. The van der Waals surface area contributed by atoms with Gasteiger partial charge in [0.2, 0.25) is 5.91 Å². The summed E-state index contributed by atoms with van der Waals surface area (Å²) in [5.74, 6) is 2.03. The molecule has 0 atom stereocenters. The van der Waals surface area contributed by atoms with E-state index in [2.05, 4.69) is 17.4 Å². The average Bonchev–Trinajstić information content (AvgIpc) is 3.21. The maximum atomic E-state index is 13.8.